The largest absolute Gasteiger partial charge is 0.350 e. The van der Waals surface area contributed by atoms with Gasteiger partial charge < -0.3 is 10.2 Å². The van der Waals surface area contributed by atoms with E-state index in [1.165, 1.54) is 28.9 Å². The molecule has 4 aromatic rings. The summed E-state index contributed by atoms with van der Waals surface area (Å²) in [6.45, 7) is 0. The van der Waals surface area contributed by atoms with Crippen LogP contribution in [0.25, 0.3) is 27.9 Å². The lowest BCUT2D eigenvalue weighted by molar-refractivity contribution is -0.164. The molecule has 0 saturated heterocycles. The molecule has 7 heteroatoms. The molecule has 0 aliphatic heterocycles. The highest BCUT2D eigenvalue weighted by Gasteiger charge is 2.22. The summed E-state index contributed by atoms with van der Waals surface area (Å²) in [5, 5.41) is 23.8. The van der Waals surface area contributed by atoms with Crippen LogP contribution in [-0.2, 0) is 5.91 Å². The van der Waals surface area contributed by atoms with E-state index in [0.717, 1.165) is 22.2 Å². The van der Waals surface area contributed by atoms with Gasteiger partial charge in [-0.05, 0) is 54.1 Å². The summed E-state index contributed by atoms with van der Waals surface area (Å²) in [7, 11) is 0. The molecule has 0 fully saturated rings. The fourth-order valence-electron chi connectivity index (χ4n) is 2.88. The SMILES string of the molecule is NC(O)(O)c1ccc2c(-c3ccncc3)c(-c3ccc(F)cc3)nn2c1. The van der Waals surface area contributed by atoms with E-state index >= 15 is 0 Å². The average molecular weight is 350 g/mol. The van der Waals surface area contributed by atoms with Gasteiger partial charge in [0, 0.05) is 35.3 Å². The van der Waals surface area contributed by atoms with E-state index in [4.69, 9.17) is 5.73 Å². The summed E-state index contributed by atoms with van der Waals surface area (Å²) in [5.74, 6) is -2.80. The number of halogens is 1. The van der Waals surface area contributed by atoms with Crippen LogP contribution < -0.4 is 5.73 Å². The maximum atomic E-state index is 13.3. The van der Waals surface area contributed by atoms with Gasteiger partial charge in [0.2, 0.25) is 5.91 Å². The highest BCUT2D eigenvalue weighted by molar-refractivity contribution is 5.92. The molecule has 1 aromatic carbocycles. The van der Waals surface area contributed by atoms with E-state index in [9.17, 15) is 14.6 Å². The zero-order valence-corrected chi connectivity index (χ0v) is 13.5. The van der Waals surface area contributed by atoms with Crippen molar-refractivity contribution in [3.8, 4) is 22.4 Å². The first-order chi connectivity index (χ1) is 12.4. The summed E-state index contributed by atoms with van der Waals surface area (Å²) < 4.78 is 14.8. The van der Waals surface area contributed by atoms with E-state index in [1.807, 2.05) is 12.1 Å². The lowest BCUT2D eigenvalue weighted by Gasteiger charge is -2.15. The van der Waals surface area contributed by atoms with Gasteiger partial charge in [-0.25, -0.2) is 8.91 Å². The topological polar surface area (TPSA) is 96.7 Å². The van der Waals surface area contributed by atoms with Crippen LogP contribution in [0.4, 0.5) is 4.39 Å². The maximum Gasteiger partial charge on any atom is 0.249 e. The summed E-state index contributed by atoms with van der Waals surface area (Å²) >= 11 is 0. The number of hydrogen-bond acceptors (Lipinski definition) is 5. The number of fused-ring (bicyclic) bond motifs is 1. The fourth-order valence-corrected chi connectivity index (χ4v) is 2.88. The lowest BCUT2D eigenvalue weighted by atomic mass is 10.0. The molecule has 0 bridgehead atoms. The highest BCUT2D eigenvalue weighted by atomic mass is 19.1. The Balaban J connectivity index is 2.01. The summed E-state index contributed by atoms with van der Waals surface area (Å²) in [6, 6.07) is 13.0. The lowest BCUT2D eigenvalue weighted by Crippen LogP contribution is -2.35. The number of hydrogen-bond donors (Lipinski definition) is 3. The molecule has 0 unspecified atom stereocenters. The van der Waals surface area contributed by atoms with Gasteiger partial charge in [0.25, 0.3) is 0 Å². The number of aliphatic hydroxyl groups is 2. The van der Waals surface area contributed by atoms with Crippen LogP contribution in [0.1, 0.15) is 5.56 Å². The predicted octanol–water partition coefficient (Wildman–Crippen LogP) is 2.26. The second kappa shape index (κ2) is 5.99. The molecule has 0 amide bonds. The number of rotatable bonds is 3. The minimum atomic E-state index is -2.47. The molecule has 130 valence electrons. The summed E-state index contributed by atoms with van der Waals surface area (Å²) in [4.78, 5) is 4.04. The number of aromatic nitrogens is 3. The van der Waals surface area contributed by atoms with Gasteiger partial charge in [-0.15, -0.1) is 0 Å². The van der Waals surface area contributed by atoms with E-state index in [2.05, 4.69) is 10.1 Å². The van der Waals surface area contributed by atoms with Crippen molar-refractivity contribution in [3.63, 3.8) is 0 Å². The first kappa shape index (κ1) is 16.3. The van der Waals surface area contributed by atoms with Crippen molar-refractivity contribution < 1.29 is 14.6 Å². The van der Waals surface area contributed by atoms with E-state index in [0.29, 0.717) is 5.69 Å². The first-order valence-electron chi connectivity index (χ1n) is 7.86. The zero-order valence-electron chi connectivity index (χ0n) is 13.5. The third kappa shape index (κ3) is 2.84. The summed E-state index contributed by atoms with van der Waals surface area (Å²) in [5.41, 5.74) is 9.26. The Morgan fingerprint density at radius 3 is 2.27 bits per heavy atom. The molecule has 6 nitrogen and oxygen atoms in total. The Bertz CT molecular complexity index is 1070. The molecule has 26 heavy (non-hydrogen) atoms. The molecule has 0 aliphatic rings. The maximum absolute atomic E-state index is 13.3. The molecule has 0 saturated carbocycles. The van der Waals surface area contributed by atoms with Crippen molar-refractivity contribution in [2.24, 2.45) is 5.73 Å². The van der Waals surface area contributed by atoms with Gasteiger partial charge in [0.05, 0.1) is 5.52 Å². The third-order valence-corrected chi connectivity index (χ3v) is 4.14. The van der Waals surface area contributed by atoms with Crippen LogP contribution in [-0.4, -0.2) is 24.8 Å². The van der Waals surface area contributed by atoms with Crippen molar-refractivity contribution in [2.45, 2.75) is 5.91 Å². The van der Waals surface area contributed by atoms with Crippen molar-refractivity contribution in [2.75, 3.05) is 0 Å². The van der Waals surface area contributed by atoms with Crippen molar-refractivity contribution in [3.05, 3.63) is 78.5 Å². The van der Waals surface area contributed by atoms with Gasteiger partial charge >= 0.3 is 0 Å². The fraction of sp³-hybridized carbons (Fsp3) is 0.0526. The second-order valence-electron chi connectivity index (χ2n) is 5.94. The number of pyridine rings is 2. The molecule has 3 heterocycles. The van der Waals surface area contributed by atoms with E-state index < -0.39 is 5.91 Å². The van der Waals surface area contributed by atoms with Gasteiger partial charge in [-0.2, -0.15) is 5.10 Å². The molecule has 0 atom stereocenters. The van der Waals surface area contributed by atoms with Gasteiger partial charge in [-0.3, -0.25) is 10.7 Å². The van der Waals surface area contributed by atoms with Crippen molar-refractivity contribution in [1.29, 1.82) is 0 Å². The summed E-state index contributed by atoms with van der Waals surface area (Å²) in [6.07, 6.45) is 4.80. The molecule has 0 radical (unpaired) electrons. The quantitative estimate of drug-likeness (QED) is 0.493. The van der Waals surface area contributed by atoms with Gasteiger partial charge in [0.15, 0.2) is 0 Å². The number of nitrogens with two attached hydrogens (primary N) is 1. The molecular weight excluding hydrogens is 335 g/mol. The Labute approximate surface area is 148 Å². The van der Waals surface area contributed by atoms with Crippen LogP contribution in [0, 0.1) is 5.82 Å². The first-order valence-corrected chi connectivity index (χ1v) is 7.86. The third-order valence-electron chi connectivity index (χ3n) is 4.14. The minimum absolute atomic E-state index is 0.0967. The van der Waals surface area contributed by atoms with Crippen LogP contribution in [0.3, 0.4) is 0 Å². The second-order valence-corrected chi connectivity index (χ2v) is 5.94. The van der Waals surface area contributed by atoms with E-state index in [1.54, 1.807) is 30.6 Å². The van der Waals surface area contributed by atoms with Crippen molar-refractivity contribution >= 4 is 5.52 Å². The molecule has 4 N–H and O–H groups in total. The standard InChI is InChI=1S/C19H15FN4O2/c20-15-4-1-13(2-5-15)18-17(12-7-9-22-10-8-12)16-6-3-14(19(21,25)26)11-24(16)23-18/h1-11,25-26H,21H2. The molecule has 4 rings (SSSR count). The molecular formula is C19H15FN4O2. The van der Waals surface area contributed by atoms with Gasteiger partial charge in [0.1, 0.15) is 11.5 Å². The zero-order chi connectivity index (χ0) is 18.3. The Morgan fingerprint density at radius 1 is 0.923 bits per heavy atom. The van der Waals surface area contributed by atoms with Crippen molar-refractivity contribution in [1.82, 2.24) is 14.6 Å². The molecule has 0 aliphatic carbocycles. The van der Waals surface area contributed by atoms with E-state index in [-0.39, 0.29) is 11.4 Å². The Morgan fingerprint density at radius 2 is 1.62 bits per heavy atom. The number of benzene rings is 1. The molecule has 0 spiro atoms. The van der Waals surface area contributed by atoms with Crippen LogP contribution >= 0.6 is 0 Å². The van der Waals surface area contributed by atoms with Crippen LogP contribution in [0.2, 0.25) is 0 Å². The Hall–Kier alpha value is -3.13. The smallest absolute Gasteiger partial charge is 0.249 e. The molecule has 3 aromatic heterocycles. The minimum Gasteiger partial charge on any atom is -0.350 e. The predicted molar refractivity (Wildman–Crippen MR) is 94.1 cm³/mol. The van der Waals surface area contributed by atoms with Crippen LogP contribution in [0.5, 0.6) is 0 Å². The van der Waals surface area contributed by atoms with Gasteiger partial charge in [-0.1, -0.05) is 0 Å². The van der Waals surface area contributed by atoms with Crippen LogP contribution in [0.15, 0.2) is 67.1 Å². The average Bonchev–Trinajstić information content (AvgIpc) is 3.01. The number of nitrogens with zero attached hydrogens (tertiary/aromatic N) is 3. The highest BCUT2D eigenvalue weighted by Crippen LogP contribution is 2.35. The normalized spacial score (nSPS) is 11.8. The monoisotopic (exact) mass is 350 g/mol. The Kier molecular flexibility index (Phi) is 3.77.